The molecule has 2 heteroatoms. The van der Waals surface area contributed by atoms with E-state index in [0.29, 0.717) is 5.76 Å². The van der Waals surface area contributed by atoms with Crippen molar-refractivity contribution in [2.75, 3.05) is 0 Å². The number of allylic oxidation sites excluding steroid dienone is 3. The van der Waals surface area contributed by atoms with E-state index in [4.69, 9.17) is 4.74 Å². The second kappa shape index (κ2) is 12.9. The molecular weight excluding hydrogens is 260 g/mol. The lowest BCUT2D eigenvalue weighted by Gasteiger charge is -2.05. The van der Waals surface area contributed by atoms with Crippen molar-refractivity contribution in [2.45, 2.75) is 40.5 Å². The number of carbonyl (C=O) groups is 1. The van der Waals surface area contributed by atoms with Crippen LogP contribution in [0.2, 0.25) is 0 Å². The summed E-state index contributed by atoms with van der Waals surface area (Å²) in [5.41, 5.74) is 0.984. The lowest BCUT2D eigenvalue weighted by atomic mass is 10.2. The molecule has 0 heterocycles. The number of hydrogen-bond donors (Lipinski definition) is 0. The Hall–Kier alpha value is -2.09. The summed E-state index contributed by atoms with van der Waals surface area (Å²) in [4.78, 5) is 11.5. The zero-order valence-electron chi connectivity index (χ0n) is 13.5. The Labute approximate surface area is 128 Å². The van der Waals surface area contributed by atoms with Crippen molar-refractivity contribution in [2.24, 2.45) is 0 Å². The maximum Gasteiger partial charge on any atom is 0.336 e. The van der Waals surface area contributed by atoms with E-state index in [9.17, 15) is 4.79 Å². The zero-order valence-corrected chi connectivity index (χ0v) is 13.5. The summed E-state index contributed by atoms with van der Waals surface area (Å²) >= 11 is 0. The molecular formula is C19H26O2. The molecule has 114 valence electrons. The van der Waals surface area contributed by atoms with Crippen LogP contribution in [0.1, 0.15) is 46.1 Å². The summed E-state index contributed by atoms with van der Waals surface area (Å²) in [5.74, 6) is 0.297. The highest BCUT2D eigenvalue weighted by atomic mass is 16.5. The molecule has 0 N–H and O–H groups in total. The molecule has 0 spiro atoms. The summed E-state index contributed by atoms with van der Waals surface area (Å²) in [7, 11) is 0. The Morgan fingerprint density at radius 2 is 1.71 bits per heavy atom. The van der Waals surface area contributed by atoms with Gasteiger partial charge in [-0.2, -0.15) is 0 Å². The Bertz CT molecular complexity index is 468. The first-order chi connectivity index (χ1) is 10.3. The summed E-state index contributed by atoms with van der Waals surface area (Å²) in [6.45, 7) is 8.00. The Morgan fingerprint density at radius 3 is 2.29 bits per heavy atom. The standard InChI is InChI=1S/C15H14O2.2C2H6/c16-15(17-14-9-5-2-6-10-14)12-11-13-7-3-1-4-8-13;2*1-2/h1,3-5,7-12H,2,6H2;2*1-2H3/b12-11+;;. The largest absolute Gasteiger partial charge is 0.424 e. The third-order valence-corrected chi connectivity index (χ3v) is 2.39. The molecule has 0 aliphatic heterocycles. The minimum Gasteiger partial charge on any atom is -0.424 e. The van der Waals surface area contributed by atoms with Crippen molar-refractivity contribution in [1.29, 1.82) is 0 Å². The highest BCUT2D eigenvalue weighted by Crippen LogP contribution is 2.11. The summed E-state index contributed by atoms with van der Waals surface area (Å²) in [5, 5.41) is 0. The van der Waals surface area contributed by atoms with E-state index >= 15 is 0 Å². The first-order valence-corrected chi connectivity index (χ1v) is 7.66. The van der Waals surface area contributed by atoms with Gasteiger partial charge in [0, 0.05) is 6.08 Å². The second-order valence-electron chi connectivity index (χ2n) is 3.75. The minimum absolute atomic E-state index is 0.341. The number of benzene rings is 1. The maximum atomic E-state index is 11.5. The third kappa shape index (κ3) is 8.64. The highest BCUT2D eigenvalue weighted by Gasteiger charge is 2.02. The summed E-state index contributed by atoms with van der Waals surface area (Å²) in [6.07, 6.45) is 10.9. The predicted molar refractivity (Wildman–Crippen MR) is 90.7 cm³/mol. The summed E-state index contributed by atoms with van der Waals surface area (Å²) in [6, 6.07) is 9.66. The minimum atomic E-state index is -0.341. The number of rotatable bonds is 3. The number of hydrogen-bond acceptors (Lipinski definition) is 2. The average Bonchev–Trinajstić information content (AvgIpc) is 2.58. The fourth-order valence-corrected chi connectivity index (χ4v) is 1.54. The van der Waals surface area contributed by atoms with Gasteiger partial charge >= 0.3 is 5.97 Å². The van der Waals surface area contributed by atoms with Crippen molar-refractivity contribution in [1.82, 2.24) is 0 Å². The molecule has 1 aliphatic rings. The molecule has 0 aromatic heterocycles. The monoisotopic (exact) mass is 286 g/mol. The van der Waals surface area contributed by atoms with Crippen LogP contribution in [-0.2, 0) is 9.53 Å². The van der Waals surface area contributed by atoms with E-state index in [1.165, 1.54) is 6.08 Å². The highest BCUT2D eigenvalue weighted by molar-refractivity contribution is 5.87. The van der Waals surface area contributed by atoms with E-state index in [2.05, 4.69) is 0 Å². The normalized spacial score (nSPS) is 12.5. The van der Waals surface area contributed by atoms with Crippen molar-refractivity contribution in [3.05, 3.63) is 66.0 Å². The van der Waals surface area contributed by atoms with Crippen molar-refractivity contribution >= 4 is 12.0 Å². The molecule has 2 rings (SSSR count). The van der Waals surface area contributed by atoms with E-state index in [0.717, 1.165) is 18.4 Å². The molecule has 0 atom stereocenters. The molecule has 0 unspecified atom stereocenters. The first-order valence-electron chi connectivity index (χ1n) is 7.66. The van der Waals surface area contributed by atoms with E-state index < -0.39 is 0 Å². The van der Waals surface area contributed by atoms with Crippen molar-refractivity contribution < 1.29 is 9.53 Å². The number of ether oxygens (including phenoxy) is 1. The number of carbonyl (C=O) groups excluding carboxylic acids is 1. The van der Waals surface area contributed by atoms with Gasteiger partial charge in [-0.1, -0.05) is 64.1 Å². The van der Waals surface area contributed by atoms with Gasteiger partial charge in [0.1, 0.15) is 5.76 Å². The number of esters is 1. The molecule has 0 saturated carbocycles. The van der Waals surface area contributed by atoms with Gasteiger partial charge in [0.05, 0.1) is 0 Å². The molecule has 2 nitrogen and oxygen atoms in total. The molecule has 0 radical (unpaired) electrons. The molecule has 1 aromatic carbocycles. The van der Waals surface area contributed by atoms with Crippen LogP contribution >= 0.6 is 0 Å². The molecule has 0 fully saturated rings. The van der Waals surface area contributed by atoms with Gasteiger partial charge in [-0.15, -0.1) is 0 Å². The molecule has 1 aromatic rings. The van der Waals surface area contributed by atoms with Crippen molar-refractivity contribution in [3.63, 3.8) is 0 Å². The van der Waals surface area contributed by atoms with Crippen LogP contribution in [0.4, 0.5) is 0 Å². The fraction of sp³-hybridized carbons (Fsp3) is 0.316. The Morgan fingerprint density at radius 1 is 1.05 bits per heavy atom. The predicted octanol–water partition coefficient (Wildman–Crippen LogP) is 5.53. The van der Waals surface area contributed by atoms with E-state index in [1.807, 2.05) is 76.3 Å². The van der Waals surface area contributed by atoms with E-state index in [-0.39, 0.29) is 5.97 Å². The molecule has 21 heavy (non-hydrogen) atoms. The van der Waals surface area contributed by atoms with Crippen LogP contribution in [0, 0.1) is 0 Å². The molecule has 0 saturated heterocycles. The van der Waals surface area contributed by atoms with Gasteiger partial charge in [0.2, 0.25) is 0 Å². The van der Waals surface area contributed by atoms with Gasteiger partial charge in [-0.25, -0.2) is 4.79 Å². The smallest absolute Gasteiger partial charge is 0.336 e. The first kappa shape index (κ1) is 18.9. The van der Waals surface area contributed by atoms with Crippen LogP contribution in [0.3, 0.4) is 0 Å². The van der Waals surface area contributed by atoms with Gasteiger partial charge in [-0.3, -0.25) is 0 Å². The fourth-order valence-electron chi connectivity index (χ4n) is 1.54. The summed E-state index contributed by atoms with van der Waals surface area (Å²) < 4.78 is 5.16. The zero-order chi connectivity index (χ0) is 15.9. The Balaban J connectivity index is 0.000000921. The second-order valence-corrected chi connectivity index (χ2v) is 3.75. The SMILES string of the molecule is CC.CC.O=C(/C=C/c1ccccc1)OC1=CCCC=C1. The molecule has 0 bridgehead atoms. The topological polar surface area (TPSA) is 26.3 Å². The van der Waals surface area contributed by atoms with Crippen LogP contribution in [0.5, 0.6) is 0 Å². The van der Waals surface area contributed by atoms with Gasteiger partial charge < -0.3 is 4.74 Å². The van der Waals surface area contributed by atoms with Crippen LogP contribution in [0.25, 0.3) is 6.08 Å². The van der Waals surface area contributed by atoms with Crippen LogP contribution < -0.4 is 0 Å². The van der Waals surface area contributed by atoms with Crippen LogP contribution in [-0.4, -0.2) is 5.97 Å². The van der Waals surface area contributed by atoms with Gasteiger partial charge in [0.25, 0.3) is 0 Å². The third-order valence-electron chi connectivity index (χ3n) is 2.39. The lowest BCUT2D eigenvalue weighted by Crippen LogP contribution is -2.00. The van der Waals surface area contributed by atoms with E-state index in [1.54, 1.807) is 6.08 Å². The van der Waals surface area contributed by atoms with Gasteiger partial charge in [-0.05, 0) is 36.6 Å². The lowest BCUT2D eigenvalue weighted by molar-refractivity contribution is -0.133. The Kier molecular flexibility index (Phi) is 11.6. The van der Waals surface area contributed by atoms with Crippen molar-refractivity contribution in [3.8, 4) is 0 Å². The quantitative estimate of drug-likeness (QED) is 0.539. The molecule has 0 amide bonds. The van der Waals surface area contributed by atoms with Gasteiger partial charge in [0.15, 0.2) is 0 Å². The average molecular weight is 286 g/mol. The molecule has 1 aliphatic carbocycles. The maximum absolute atomic E-state index is 11.5. The van der Waals surface area contributed by atoms with Crippen LogP contribution in [0.15, 0.2) is 60.4 Å².